The summed E-state index contributed by atoms with van der Waals surface area (Å²) in [6.07, 6.45) is 1.36. The lowest BCUT2D eigenvalue weighted by molar-refractivity contribution is -0.131. The number of nitrogens with one attached hydrogen (secondary N) is 2. The van der Waals surface area contributed by atoms with E-state index in [2.05, 4.69) is 15.6 Å². The van der Waals surface area contributed by atoms with Gasteiger partial charge in [0.1, 0.15) is 12.6 Å². The van der Waals surface area contributed by atoms with Crippen molar-refractivity contribution in [2.45, 2.75) is 38.3 Å². The molecule has 2 fully saturated rings. The number of carbonyl (C=O) groups excluding carboxylic acids is 4. The summed E-state index contributed by atoms with van der Waals surface area (Å²) in [6.45, 7) is 0.0106. The molecule has 2 aliphatic rings. The van der Waals surface area contributed by atoms with E-state index in [1.54, 1.807) is 17.5 Å². The van der Waals surface area contributed by atoms with Crippen LogP contribution in [-0.4, -0.2) is 39.7 Å². The van der Waals surface area contributed by atoms with Gasteiger partial charge in [0.2, 0.25) is 17.7 Å². The van der Waals surface area contributed by atoms with Gasteiger partial charge in [-0.15, -0.1) is 11.3 Å². The van der Waals surface area contributed by atoms with Crippen LogP contribution in [0.2, 0.25) is 0 Å². The minimum absolute atomic E-state index is 0.0106. The van der Waals surface area contributed by atoms with Crippen molar-refractivity contribution in [2.75, 3.05) is 10.6 Å². The van der Waals surface area contributed by atoms with Crippen LogP contribution in [0.3, 0.4) is 0 Å². The predicted octanol–water partition coefficient (Wildman–Crippen LogP) is 4.42. The number of benzene rings is 2. The maximum absolute atomic E-state index is 12.9. The highest BCUT2D eigenvalue weighted by atomic mass is 32.1. The highest BCUT2D eigenvalue weighted by Crippen LogP contribution is 2.31. The third-order valence-electron chi connectivity index (χ3n) is 6.05. The van der Waals surface area contributed by atoms with Crippen molar-refractivity contribution >= 4 is 46.0 Å². The summed E-state index contributed by atoms with van der Waals surface area (Å²) in [6, 6.07) is 15.5. The fraction of sp³-hybridized carbons (Fsp3) is 0.269. The maximum atomic E-state index is 12.9. The lowest BCUT2D eigenvalue weighted by Crippen LogP contribution is -2.45. The molecular weight excluding hydrogens is 480 g/mol. The molecule has 1 aliphatic heterocycles. The fourth-order valence-electron chi connectivity index (χ4n) is 3.92. The fourth-order valence-corrected chi connectivity index (χ4v) is 4.64. The number of ether oxygens (including phenoxy) is 1. The Labute approximate surface area is 211 Å². The van der Waals surface area contributed by atoms with Gasteiger partial charge in [-0.25, -0.2) is 14.7 Å². The van der Waals surface area contributed by atoms with E-state index in [0.29, 0.717) is 10.8 Å². The van der Waals surface area contributed by atoms with E-state index in [-0.39, 0.29) is 31.3 Å². The monoisotopic (exact) mass is 504 g/mol. The van der Waals surface area contributed by atoms with E-state index in [9.17, 15) is 19.2 Å². The van der Waals surface area contributed by atoms with E-state index >= 15 is 0 Å². The molecule has 2 heterocycles. The van der Waals surface area contributed by atoms with Gasteiger partial charge in [0.15, 0.2) is 5.13 Å². The van der Waals surface area contributed by atoms with E-state index in [1.165, 1.54) is 11.3 Å². The average molecular weight is 505 g/mol. The maximum Gasteiger partial charge on any atom is 0.417 e. The molecule has 1 aliphatic carbocycles. The van der Waals surface area contributed by atoms with Crippen molar-refractivity contribution in [3.63, 3.8) is 0 Å². The second-order valence-corrected chi connectivity index (χ2v) is 9.58. The summed E-state index contributed by atoms with van der Waals surface area (Å²) in [5.41, 5.74) is 3.01. The molecule has 5 rings (SSSR count). The minimum Gasteiger partial charge on any atom is -0.444 e. The number of rotatable bonds is 7. The first-order valence-electron chi connectivity index (χ1n) is 11.7. The van der Waals surface area contributed by atoms with Crippen molar-refractivity contribution in [2.24, 2.45) is 5.92 Å². The highest BCUT2D eigenvalue weighted by molar-refractivity contribution is 7.14. The summed E-state index contributed by atoms with van der Waals surface area (Å²) in [5.74, 6) is -0.755. The van der Waals surface area contributed by atoms with Crippen LogP contribution in [0.5, 0.6) is 0 Å². The molecule has 1 unspecified atom stereocenters. The summed E-state index contributed by atoms with van der Waals surface area (Å²) in [4.78, 5) is 55.1. The number of carbonyl (C=O) groups is 4. The second kappa shape index (κ2) is 10.3. The third-order valence-corrected chi connectivity index (χ3v) is 6.80. The number of nitrogens with zero attached hydrogens (tertiary/aromatic N) is 2. The molecule has 1 saturated carbocycles. The number of hydrogen-bond acceptors (Lipinski definition) is 7. The molecule has 4 amide bonds. The van der Waals surface area contributed by atoms with E-state index < -0.39 is 23.9 Å². The second-order valence-electron chi connectivity index (χ2n) is 8.73. The van der Waals surface area contributed by atoms with Gasteiger partial charge in [-0.2, -0.15) is 0 Å². The van der Waals surface area contributed by atoms with Gasteiger partial charge in [-0.1, -0.05) is 42.5 Å². The average Bonchev–Trinajstić information content (AvgIpc) is 3.53. The van der Waals surface area contributed by atoms with Gasteiger partial charge in [0.05, 0.1) is 5.69 Å². The lowest BCUT2D eigenvalue weighted by atomic mass is 10.1. The Kier molecular flexibility index (Phi) is 6.77. The third kappa shape index (κ3) is 5.44. The topological polar surface area (TPSA) is 118 Å². The molecule has 1 saturated heterocycles. The number of aromatic nitrogens is 1. The first-order valence-corrected chi connectivity index (χ1v) is 12.6. The molecular formula is C26H24N4O5S. The SMILES string of the molecule is O=C(Nc1ccc(-c2csc(NC(=O)C3CCC(=O)N3C(=O)OCc3ccccc3)n2)cc1)C1CC1. The quantitative estimate of drug-likeness (QED) is 0.492. The molecule has 9 nitrogen and oxygen atoms in total. The number of imide groups is 1. The molecule has 10 heteroatoms. The normalized spacial score (nSPS) is 17.1. The van der Waals surface area contributed by atoms with Crippen LogP contribution in [-0.2, 0) is 25.7 Å². The minimum atomic E-state index is -0.956. The van der Waals surface area contributed by atoms with Gasteiger partial charge in [-0.05, 0) is 37.0 Å². The van der Waals surface area contributed by atoms with Gasteiger partial charge in [0, 0.05) is 29.0 Å². The highest BCUT2D eigenvalue weighted by Gasteiger charge is 2.41. The molecule has 1 atom stereocenters. The molecule has 36 heavy (non-hydrogen) atoms. The van der Waals surface area contributed by atoms with E-state index in [4.69, 9.17) is 4.74 Å². The van der Waals surface area contributed by atoms with Crippen molar-refractivity contribution in [1.29, 1.82) is 0 Å². The number of anilines is 2. The zero-order valence-electron chi connectivity index (χ0n) is 19.3. The van der Waals surface area contributed by atoms with Crippen LogP contribution in [0.15, 0.2) is 60.0 Å². The molecule has 0 radical (unpaired) electrons. The predicted molar refractivity (Wildman–Crippen MR) is 134 cm³/mol. The van der Waals surface area contributed by atoms with Crippen LogP contribution < -0.4 is 10.6 Å². The standard InChI is InChI=1S/C26H24N4O5S/c31-22-13-12-21(30(22)26(34)35-14-16-4-2-1-3-5-16)24(33)29-25-28-20(15-36-25)17-8-10-19(11-9-17)27-23(32)18-6-7-18/h1-5,8-11,15,18,21H,6-7,12-14H2,(H,27,32)(H,28,29,33). The summed E-state index contributed by atoms with van der Waals surface area (Å²) in [7, 11) is 0. The lowest BCUT2D eigenvalue weighted by Gasteiger charge is -2.21. The van der Waals surface area contributed by atoms with Crippen LogP contribution in [0.1, 0.15) is 31.2 Å². The zero-order chi connectivity index (χ0) is 25.1. The van der Waals surface area contributed by atoms with Crippen LogP contribution in [0, 0.1) is 5.92 Å². The molecule has 2 N–H and O–H groups in total. The van der Waals surface area contributed by atoms with Crippen molar-refractivity contribution in [3.05, 3.63) is 65.5 Å². The van der Waals surface area contributed by atoms with Crippen LogP contribution in [0.25, 0.3) is 11.3 Å². The van der Waals surface area contributed by atoms with Gasteiger partial charge < -0.3 is 15.4 Å². The van der Waals surface area contributed by atoms with E-state index in [1.807, 2.05) is 42.5 Å². The number of thiazole rings is 1. The van der Waals surface area contributed by atoms with Crippen LogP contribution >= 0.6 is 11.3 Å². The summed E-state index contributed by atoms with van der Waals surface area (Å²) < 4.78 is 5.27. The van der Waals surface area contributed by atoms with Gasteiger partial charge >= 0.3 is 6.09 Å². The first kappa shape index (κ1) is 23.7. The molecule has 184 valence electrons. The van der Waals surface area contributed by atoms with Crippen molar-refractivity contribution in [1.82, 2.24) is 9.88 Å². The van der Waals surface area contributed by atoms with Gasteiger partial charge in [0.25, 0.3) is 0 Å². The number of amides is 4. The Morgan fingerprint density at radius 1 is 0.972 bits per heavy atom. The smallest absolute Gasteiger partial charge is 0.417 e. The molecule has 1 aromatic heterocycles. The Balaban J connectivity index is 1.19. The Morgan fingerprint density at radius 2 is 1.72 bits per heavy atom. The van der Waals surface area contributed by atoms with Crippen molar-refractivity contribution in [3.8, 4) is 11.3 Å². The first-order chi connectivity index (χ1) is 17.5. The largest absolute Gasteiger partial charge is 0.444 e. The Morgan fingerprint density at radius 3 is 2.44 bits per heavy atom. The van der Waals surface area contributed by atoms with Gasteiger partial charge in [-0.3, -0.25) is 14.4 Å². The van der Waals surface area contributed by atoms with E-state index in [0.717, 1.165) is 34.6 Å². The number of hydrogen-bond donors (Lipinski definition) is 2. The van der Waals surface area contributed by atoms with Crippen LogP contribution in [0.4, 0.5) is 15.6 Å². The Bertz CT molecular complexity index is 1290. The van der Waals surface area contributed by atoms with Crippen molar-refractivity contribution < 1.29 is 23.9 Å². The molecule has 0 bridgehead atoms. The molecule has 2 aromatic carbocycles. The summed E-state index contributed by atoms with van der Waals surface area (Å²) in [5, 5.41) is 7.78. The molecule has 3 aromatic rings. The number of likely N-dealkylation sites (tertiary alicyclic amines) is 1. The molecule has 0 spiro atoms. The summed E-state index contributed by atoms with van der Waals surface area (Å²) >= 11 is 1.24. The zero-order valence-corrected chi connectivity index (χ0v) is 20.1. The Hall–Kier alpha value is -4.05.